The number of amides is 1. The van der Waals surface area contributed by atoms with Crippen molar-refractivity contribution in [2.75, 3.05) is 20.2 Å². The number of rotatable bonds is 5. The zero-order valence-corrected chi connectivity index (χ0v) is 10.6. The first-order valence-electron chi connectivity index (χ1n) is 5.55. The second-order valence-corrected chi connectivity index (χ2v) is 4.10. The summed E-state index contributed by atoms with van der Waals surface area (Å²) in [5.41, 5.74) is 1.33. The van der Waals surface area contributed by atoms with Gasteiger partial charge in [0, 0.05) is 13.6 Å². The number of carbonyl (C=O) groups is 1. The van der Waals surface area contributed by atoms with Crippen LogP contribution in [-0.4, -0.2) is 31.0 Å². The van der Waals surface area contributed by atoms with Crippen molar-refractivity contribution in [3.05, 3.63) is 42.0 Å². The van der Waals surface area contributed by atoms with Gasteiger partial charge in [0.1, 0.15) is 11.8 Å². The molecule has 0 saturated carbocycles. The number of para-hydroxylation sites is 1. The summed E-state index contributed by atoms with van der Waals surface area (Å²) in [6.45, 7) is 6.02. The minimum atomic E-state index is -0.147. The highest BCUT2D eigenvalue weighted by Gasteiger charge is 2.10. The zero-order chi connectivity index (χ0) is 13.5. The molecule has 0 spiro atoms. The molecule has 0 heterocycles. The van der Waals surface area contributed by atoms with Crippen LogP contribution in [-0.2, 0) is 4.79 Å². The smallest absolute Gasteiger partial charge is 0.260 e. The maximum absolute atomic E-state index is 11.7. The Morgan fingerprint density at radius 3 is 2.78 bits per heavy atom. The van der Waals surface area contributed by atoms with Crippen LogP contribution in [0.25, 0.3) is 0 Å². The molecular formula is C14H16N2O2. The topological polar surface area (TPSA) is 53.3 Å². The van der Waals surface area contributed by atoms with E-state index in [1.165, 1.54) is 4.90 Å². The third kappa shape index (κ3) is 3.95. The van der Waals surface area contributed by atoms with Crippen LogP contribution in [0.15, 0.2) is 36.4 Å². The van der Waals surface area contributed by atoms with E-state index in [0.29, 0.717) is 17.9 Å². The van der Waals surface area contributed by atoms with Crippen molar-refractivity contribution in [2.24, 2.45) is 0 Å². The third-order valence-corrected chi connectivity index (χ3v) is 2.29. The van der Waals surface area contributed by atoms with Gasteiger partial charge < -0.3 is 9.64 Å². The van der Waals surface area contributed by atoms with Gasteiger partial charge in [-0.1, -0.05) is 24.3 Å². The summed E-state index contributed by atoms with van der Waals surface area (Å²) in [6, 6.07) is 8.85. The van der Waals surface area contributed by atoms with Gasteiger partial charge in [-0.15, -0.1) is 0 Å². The Labute approximate surface area is 107 Å². The van der Waals surface area contributed by atoms with Gasteiger partial charge in [0.25, 0.3) is 5.91 Å². The first-order valence-corrected chi connectivity index (χ1v) is 5.55. The lowest BCUT2D eigenvalue weighted by atomic mass is 10.2. The van der Waals surface area contributed by atoms with Gasteiger partial charge in [-0.3, -0.25) is 4.79 Å². The van der Waals surface area contributed by atoms with Crippen LogP contribution in [0.1, 0.15) is 12.5 Å². The monoisotopic (exact) mass is 244 g/mol. The Morgan fingerprint density at radius 1 is 1.50 bits per heavy atom. The number of ether oxygens (including phenoxy) is 1. The molecule has 0 aliphatic heterocycles. The lowest BCUT2D eigenvalue weighted by molar-refractivity contribution is -0.131. The Morgan fingerprint density at radius 2 is 2.17 bits per heavy atom. The molecule has 0 fully saturated rings. The Balaban J connectivity index is 2.58. The molecular weight excluding hydrogens is 228 g/mol. The number of benzene rings is 1. The van der Waals surface area contributed by atoms with Gasteiger partial charge in [0.2, 0.25) is 0 Å². The third-order valence-electron chi connectivity index (χ3n) is 2.29. The van der Waals surface area contributed by atoms with Crippen LogP contribution in [0.3, 0.4) is 0 Å². The van der Waals surface area contributed by atoms with Crippen molar-refractivity contribution < 1.29 is 9.53 Å². The predicted molar refractivity (Wildman–Crippen MR) is 69.1 cm³/mol. The number of hydrogen-bond acceptors (Lipinski definition) is 3. The molecule has 0 radical (unpaired) electrons. The Hall–Kier alpha value is -2.28. The number of nitrogens with zero attached hydrogens (tertiary/aromatic N) is 2. The second kappa shape index (κ2) is 6.45. The van der Waals surface area contributed by atoms with E-state index < -0.39 is 0 Å². The molecule has 1 aromatic carbocycles. The summed E-state index contributed by atoms with van der Waals surface area (Å²) >= 11 is 0. The summed E-state index contributed by atoms with van der Waals surface area (Å²) in [5.74, 6) is 0.280. The normalized spacial score (nSPS) is 9.39. The molecule has 0 atom stereocenters. The zero-order valence-electron chi connectivity index (χ0n) is 10.6. The highest BCUT2D eigenvalue weighted by molar-refractivity contribution is 5.77. The molecule has 0 N–H and O–H groups in total. The molecule has 4 nitrogen and oxygen atoms in total. The Bertz CT molecular complexity index is 489. The van der Waals surface area contributed by atoms with Crippen LogP contribution in [0.4, 0.5) is 0 Å². The van der Waals surface area contributed by atoms with Crippen LogP contribution in [0, 0.1) is 11.3 Å². The summed E-state index contributed by atoms with van der Waals surface area (Å²) in [5, 5.41) is 8.87. The van der Waals surface area contributed by atoms with Crippen LogP contribution in [0.5, 0.6) is 5.75 Å². The molecule has 0 aliphatic rings. The molecule has 0 saturated heterocycles. The predicted octanol–water partition coefficient (Wildman–Crippen LogP) is 1.97. The SMILES string of the molecule is C=C(C)CN(C)C(=O)COc1ccccc1C#N. The van der Waals surface area contributed by atoms with Gasteiger partial charge in [-0.05, 0) is 19.1 Å². The van der Waals surface area contributed by atoms with E-state index in [0.717, 1.165) is 5.57 Å². The van der Waals surface area contributed by atoms with Gasteiger partial charge >= 0.3 is 0 Å². The summed E-state index contributed by atoms with van der Waals surface area (Å²) in [6.07, 6.45) is 0. The molecule has 94 valence electrons. The van der Waals surface area contributed by atoms with E-state index in [1.807, 2.05) is 13.0 Å². The van der Waals surface area contributed by atoms with Crippen LogP contribution < -0.4 is 4.74 Å². The molecule has 0 bridgehead atoms. The molecule has 0 aliphatic carbocycles. The van der Waals surface area contributed by atoms with Crippen molar-refractivity contribution in [3.63, 3.8) is 0 Å². The first kappa shape index (κ1) is 13.8. The molecule has 1 rings (SSSR count). The van der Waals surface area contributed by atoms with E-state index in [2.05, 4.69) is 6.58 Å². The standard InChI is InChI=1S/C14H16N2O2/c1-11(2)9-16(3)14(17)10-18-13-7-5-4-6-12(13)8-15/h4-7H,1,9-10H2,2-3H3. The largest absolute Gasteiger partial charge is 0.482 e. The van der Waals surface area contributed by atoms with Crippen LogP contribution >= 0.6 is 0 Å². The highest BCUT2D eigenvalue weighted by atomic mass is 16.5. The fraction of sp³-hybridized carbons (Fsp3) is 0.286. The van der Waals surface area contributed by atoms with Crippen molar-refractivity contribution in [1.29, 1.82) is 5.26 Å². The average molecular weight is 244 g/mol. The molecule has 4 heteroatoms. The summed E-state index contributed by atoms with van der Waals surface area (Å²) in [7, 11) is 1.69. The fourth-order valence-corrected chi connectivity index (χ4v) is 1.43. The highest BCUT2D eigenvalue weighted by Crippen LogP contribution is 2.16. The van der Waals surface area contributed by atoms with Crippen LogP contribution in [0.2, 0.25) is 0 Å². The van der Waals surface area contributed by atoms with Crippen molar-refractivity contribution >= 4 is 5.91 Å². The summed E-state index contributed by atoms with van der Waals surface area (Å²) < 4.78 is 5.35. The quantitative estimate of drug-likeness (QED) is 0.744. The maximum Gasteiger partial charge on any atom is 0.260 e. The molecule has 0 aromatic heterocycles. The summed E-state index contributed by atoms with van der Waals surface area (Å²) in [4.78, 5) is 13.3. The number of hydrogen-bond donors (Lipinski definition) is 0. The van der Waals surface area contributed by atoms with E-state index in [4.69, 9.17) is 10.00 Å². The molecule has 0 unspecified atom stereocenters. The van der Waals surface area contributed by atoms with Gasteiger partial charge in [-0.2, -0.15) is 5.26 Å². The fourth-order valence-electron chi connectivity index (χ4n) is 1.43. The minimum Gasteiger partial charge on any atom is -0.482 e. The van der Waals surface area contributed by atoms with Crippen molar-refractivity contribution in [2.45, 2.75) is 6.92 Å². The molecule has 18 heavy (non-hydrogen) atoms. The van der Waals surface area contributed by atoms with Gasteiger partial charge in [-0.25, -0.2) is 0 Å². The maximum atomic E-state index is 11.7. The van der Waals surface area contributed by atoms with E-state index in [9.17, 15) is 4.79 Å². The van der Waals surface area contributed by atoms with Gasteiger partial charge in [0.15, 0.2) is 6.61 Å². The van der Waals surface area contributed by atoms with Gasteiger partial charge in [0.05, 0.1) is 5.56 Å². The van der Waals surface area contributed by atoms with E-state index in [-0.39, 0.29) is 12.5 Å². The molecule has 1 aromatic rings. The minimum absolute atomic E-state index is 0.0809. The van der Waals surface area contributed by atoms with Crippen molar-refractivity contribution in [3.8, 4) is 11.8 Å². The van der Waals surface area contributed by atoms with Crippen molar-refractivity contribution in [1.82, 2.24) is 4.90 Å². The first-order chi connectivity index (χ1) is 8.54. The lowest BCUT2D eigenvalue weighted by Gasteiger charge is -2.17. The number of likely N-dealkylation sites (N-methyl/N-ethyl adjacent to an activating group) is 1. The lowest BCUT2D eigenvalue weighted by Crippen LogP contribution is -2.32. The number of nitriles is 1. The Kier molecular flexibility index (Phi) is 4.94. The molecule has 1 amide bonds. The van der Waals surface area contributed by atoms with E-state index in [1.54, 1.807) is 31.3 Å². The van der Waals surface area contributed by atoms with E-state index >= 15 is 0 Å². The second-order valence-electron chi connectivity index (χ2n) is 4.10. The number of carbonyl (C=O) groups excluding carboxylic acids is 1. The average Bonchev–Trinajstić information content (AvgIpc) is 2.35.